The van der Waals surface area contributed by atoms with Crippen LogP contribution in [0, 0.1) is 5.41 Å². The third-order valence-corrected chi connectivity index (χ3v) is 4.59. The van der Waals surface area contributed by atoms with Crippen molar-refractivity contribution in [1.82, 2.24) is 15.4 Å². The van der Waals surface area contributed by atoms with Crippen LogP contribution in [0.1, 0.15) is 19.8 Å². The van der Waals surface area contributed by atoms with Gasteiger partial charge in [-0.15, -0.1) is 0 Å². The molecule has 17 heavy (non-hydrogen) atoms. The second-order valence-electron chi connectivity index (χ2n) is 4.59. The van der Waals surface area contributed by atoms with Crippen LogP contribution in [0.4, 0.5) is 0 Å². The van der Waals surface area contributed by atoms with Crippen molar-refractivity contribution in [3.05, 3.63) is 0 Å². The summed E-state index contributed by atoms with van der Waals surface area (Å²) in [7, 11) is -1.88. The molecule has 1 aliphatic heterocycles. The SMILES string of the molecule is CNS(=O)(=O)CCNC(=O)C1(C)CCNCC1. The summed E-state index contributed by atoms with van der Waals surface area (Å²) in [5, 5.41) is 5.90. The lowest BCUT2D eigenvalue weighted by Gasteiger charge is -2.32. The highest BCUT2D eigenvalue weighted by atomic mass is 32.2. The van der Waals surface area contributed by atoms with Gasteiger partial charge in [0, 0.05) is 12.0 Å². The fourth-order valence-corrected chi connectivity index (χ4v) is 2.39. The number of nitrogens with one attached hydrogen (secondary N) is 3. The number of rotatable bonds is 5. The van der Waals surface area contributed by atoms with E-state index in [-0.39, 0.29) is 23.6 Å². The summed E-state index contributed by atoms with van der Waals surface area (Å²) in [6.45, 7) is 3.75. The summed E-state index contributed by atoms with van der Waals surface area (Å²) in [4.78, 5) is 11.9. The van der Waals surface area contributed by atoms with E-state index in [1.807, 2.05) is 6.92 Å². The van der Waals surface area contributed by atoms with Crippen LogP contribution >= 0.6 is 0 Å². The Balaban J connectivity index is 2.39. The zero-order valence-corrected chi connectivity index (χ0v) is 11.2. The van der Waals surface area contributed by atoms with Gasteiger partial charge in [0.1, 0.15) is 0 Å². The minimum Gasteiger partial charge on any atom is -0.355 e. The maximum Gasteiger partial charge on any atom is 0.226 e. The highest BCUT2D eigenvalue weighted by Gasteiger charge is 2.34. The van der Waals surface area contributed by atoms with E-state index in [0.29, 0.717) is 0 Å². The van der Waals surface area contributed by atoms with Crippen molar-refractivity contribution in [2.45, 2.75) is 19.8 Å². The number of hydrogen-bond acceptors (Lipinski definition) is 4. The molecule has 100 valence electrons. The topological polar surface area (TPSA) is 87.3 Å². The van der Waals surface area contributed by atoms with E-state index in [9.17, 15) is 13.2 Å². The zero-order chi connectivity index (χ0) is 12.9. The molecular weight excluding hydrogens is 242 g/mol. The molecule has 0 aromatic carbocycles. The maximum atomic E-state index is 11.9. The predicted molar refractivity (Wildman–Crippen MR) is 66.1 cm³/mol. The molecule has 1 rings (SSSR count). The molecule has 0 aliphatic carbocycles. The normalized spacial score (nSPS) is 19.9. The molecule has 0 radical (unpaired) electrons. The third kappa shape index (κ3) is 4.25. The minimum atomic E-state index is -3.24. The Morgan fingerprint density at radius 3 is 2.47 bits per heavy atom. The van der Waals surface area contributed by atoms with Gasteiger partial charge in [-0.3, -0.25) is 4.79 Å². The summed E-state index contributed by atoms with van der Waals surface area (Å²) in [6.07, 6.45) is 1.58. The standard InChI is InChI=1S/C10H21N3O3S/c1-10(3-5-12-6-4-10)9(14)13-7-8-17(15,16)11-2/h11-12H,3-8H2,1-2H3,(H,13,14). The van der Waals surface area contributed by atoms with Crippen LogP contribution in [-0.2, 0) is 14.8 Å². The number of carbonyl (C=O) groups is 1. The van der Waals surface area contributed by atoms with Crippen LogP contribution in [0.15, 0.2) is 0 Å². The average Bonchev–Trinajstić information content (AvgIpc) is 2.29. The van der Waals surface area contributed by atoms with Crippen LogP contribution in [0.2, 0.25) is 0 Å². The smallest absolute Gasteiger partial charge is 0.226 e. The van der Waals surface area contributed by atoms with Crippen LogP contribution < -0.4 is 15.4 Å². The summed E-state index contributed by atoms with van der Waals surface area (Å²) < 4.78 is 24.5. The van der Waals surface area contributed by atoms with Crippen LogP contribution in [0.3, 0.4) is 0 Å². The number of sulfonamides is 1. The van der Waals surface area contributed by atoms with Crippen molar-refractivity contribution in [3.8, 4) is 0 Å². The second kappa shape index (κ2) is 5.79. The molecule has 3 N–H and O–H groups in total. The van der Waals surface area contributed by atoms with E-state index >= 15 is 0 Å². The Morgan fingerprint density at radius 1 is 1.35 bits per heavy atom. The molecule has 0 bridgehead atoms. The lowest BCUT2D eigenvalue weighted by atomic mass is 9.80. The van der Waals surface area contributed by atoms with Gasteiger partial charge in [0.25, 0.3) is 0 Å². The summed E-state index contributed by atoms with van der Waals surface area (Å²) in [5.74, 6) is -0.130. The average molecular weight is 263 g/mol. The minimum absolute atomic E-state index is 0.0506. The summed E-state index contributed by atoms with van der Waals surface area (Å²) in [5.41, 5.74) is -0.366. The van der Waals surface area contributed by atoms with Crippen molar-refractivity contribution >= 4 is 15.9 Å². The third-order valence-electron chi connectivity index (χ3n) is 3.22. The molecular formula is C10H21N3O3S. The molecule has 1 saturated heterocycles. The number of piperidine rings is 1. The molecule has 0 atom stereocenters. The Bertz CT molecular complexity index is 361. The quantitative estimate of drug-likeness (QED) is 0.596. The Kier molecular flexibility index (Phi) is 4.91. The molecule has 1 aliphatic rings. The highest BCUT2D eigenvalue weighted by Crippen LogP contribution is 2.27. The lowest BCUT2D eigenvalue weighted by Crippen LogP contribution is -2.47. The molecule has 0 spiro atoms. The molecule has 0 aromatic rings. The van der Waals surface area contributed by atoms with Crippen LogP contribution in [0.5, 0.6) is 0 Å². The van der Waals surface area contributed by atoms with E-state index in [2.05, 4.69) is 15.4 Å². The number of carbonyl (C=O) groups excluding carboxylic acids is 1. The van der Waals surface area contributed by atoms with Crippen molar-refractivity contribution in [3.63, 3.8) is 0 Å². The van der Waals surface area contributed by atoms with E-state index in [1.54, 1.807) is 0 Å². The van der Waals surface area contributed by atoms with Gasteiger partial charge in [-0.25, -0.2) is 13.1 Å². The monoisotopic (exact) mass is 263 g/mol. The van der Waals surface area contributed by atoms with Gasteiger partial charge in [0.15, 0.2) is 0 Å². The van der Waals surface area contributed by atoms with Gasteiger partial charge in [0.05, 0.1) is 5.75 Å². The zero-order valence-electron chi connectivity index (χ0n) is 10.4. The van der Waals surface area contributed by atoms with E-state index < -0.39 is 10.0 Å². The molecule has 7 heteroatoms. The summed E-state index contributed by atoms with van der Waals surface area (Å²) >= 11 is 0. The van der Waals surface area contributed by atoms with Gasteiger partial charge in [-0.2, -0.15) is 0 Å². The van der Waals surface area contributed by atoms with Gasteiger partial charge >= 0.3 is 0 Å². The van der Waals surface area contributed by atoms with Gasteiger partial charge < -0.3 is 10.6 Å². The van der Waals surface area contributed by atoms with Gasteiger partial charge in [-0.05, 0) is 33.0 Å². The fourth-order valence-electron chi connectivity index (χ4n) is 1.82. The van der Waals surface area contributed by atoms with E-state index in [0.717, 1.165) is 25.9 Å². The molecule has 1 amide bonds. The lowest BCUT2D eigenvalue weighted by molar-refractivity contribution is -0.131. The number of hydrogen-bond donors (Lipinski definition) is 3. The van der Waals surface area contributed by atoms with E-state index in [4.69, 9.17) is 0 Å². The first-order valence-corrected chi connectivity index (χ1v) is 7.45. The maximum absolute atomic E-state index is 11.9. The van der Waals surface area contributed by atoms with Crippen LogP contribution in [0.25, 0.3) is 0 Å². The van der Waals surface area contributed by atoms with Crippen molar-refractivity contribution in [2.24, 2.45) is 5.41 Å². The van der Waals surface area contributed by atoms with Gasteiger partial charge in [-0.1, -0.05) is 6.92 Å². The molecule has 0 saturated carbocycles. The Morgan fingerprint density at radius 2 is 1.94 bits per heavy atom. The van der Waals surface area contributed by atoms with E-state index in [1.165, 1.54) is 7.05 Å². The molecule has 0 aromatic heterocycles. The largest absolute Gasteiger partial charge is 0.355 e. The fraction of sp³-hybridized carbons (Fsp3) is 0.900. The second-order valence-corrected chi connectivity index (χ2v) is 6.64. The van der Waals surface area contributed by atoms with Gasteiger partial charge in [0.2, 0.25) is 15.9 Å². The molecule has 1 heterocycles. The van der Waals surface area contributed by atoms with Crippen molar-refractivity contribution in [2.75, 3.05) is 32.4 Å². The Labute approximate surface area is 103 Å². The first-order chi connectivity index (χ1) is 7.90. The highest BCUT2D eigenvalue weighted by molar-refractivity contribution is 7.89. The first-order valence-electron chi connectivity index (χ1n) is 5.80. The van der Waals surface area contributed by atoms with Crippen molar-refractivity contribution in [1.29, 1.82) is 0 Å². The molecule has 0 unspecified atom stereocenters. The molecule has 1 fully saturated rings. The van der Waals surface area contributed by atoms with Crippen LogP contribution in [-0.4, -0.2) is 46.8 Å². The Hall–Kier alpha value is -0.660. The molecule has 6 nitrogen and oxygen atoms in total. The predicted octanol–water partition coefficient (Wildman–Crippen LogP) is -0.958. The summed E-state index contributed by atoms with van der Waals surface area (Å²) in [6, 6.07) is 0. The number of amides is 1. The first kappa shape index (κ1) is 14.4. The van der Waals surface area contributed by atoms with Crippen molar-refractivity contribution < 1.29 is 13.2 Å².